The first-order valence-corrected chi connectivity index (χ1v) is 8.27. The van der Waals surface area contributed by atoms with Crippen LogP contribution in [0.25, 0.3) is 0 Å². The average molecular weight is 368 g/mol. The highest BCUT2D eigenvalue weighted by atomic mass is 35.5. The molecule has 0 bridgehead atoms. The molecule has 0 aliphatic heterocycles. The summed E-state index contributed by atoms with van der Waals surface area (Å²) in [6.45, 7) is 3.09. The molecule has 0 heterocycles. The number of benzene rings is 2. The molecule has 0 atom stereocenters. The number of nitrogens with one attached hydrogen (secondary N) is 1. The summed E-state index contributed by atoms with van der Waals surface area (Å²) in [7, 11) is 1.37. The second kappa shape index (κ2) is 8.81. The number of hydrogen-bond acceptors (Lipinski definition) is 4. The predicted molar refractivity (Wildman–Crippen MR) is 97.6 cm³/mol. The number of carbonyl (C=O) groups excluding carboxylic acids is 1. The number of esters is 1. The van der Waals surface area contributed by atoms with Crippen LogP contribution in [0.1, 0.15) is 22.3 Å². The molecule has 6 heteroatoms. The lowest BCUT2D eigenvalue weighted by Crippen LogP contribution is -2.11. The SMILES string of the molecule is COC(=O)c1cc(C)ccc1NCCCOc1cc(Cl)cc(Cl)c1. The van der Waals surface area contributed by atoms with Gasteiger partial charge in [0.25, 0.3) is 0 Å². The van der Waals surface area contributed by atoms with Crippen LogP contribution in [0.2, 0.25) is 10.0 Å². The molecular formula is C18H19Cl2NO3. The molecule has 0 unspecified atom stereocenters. The molecule has 0 aliphatic rings. The van der Waals surface area contributed by atoms with Gasteiger partial charge in [-0.05, 0) is 43.7 Å². The van der Waals surface area contributed by atoms with Gasteiger partial charge >= 0.3 is 5.97 Å². The number of methoxy groups -OCH3 is 1. The van der Waals surface area contributed by atoms with Gasteiger partial charge in [0.1, 0.15) is 5.75 Å². The molecule has 0 saturated heterocycles. The molecule has 24 heavy (non-hydrogen) atoms. The fraction of sp³-hybridized carbons (Fsp3) is 0.278. The predicted octanol–water partition coefficient (Wildman–Crippen LogP) is 4.97. The normalized spacial score (nSPS) is 10.3. The molecular weight excluding hydrogens is 349 g/mol. The van der Waals surface area contributed by atoms with E-state index < -0.39 is 0 Å². The van der Waals surface area contributed by atoms with Crippen molar-refractivity contribution in [2.24, 2.45) is 0 Å². The van der Waals surface area contributed by atoms with Crippen LogP contribution >= 0.6 is 23.2 Å². The number of ether oxygens (including phenoxy) is 2. The molecule has 2 aromatic rings. The molecule has 0 aliphatic carbocycles. The van der Waals surface area contributed by atoms with Gasteiger partial charge < -0.3 is 14.8 Å². The van der Waals surface area contributed by atoms with Gasteiger partial charge in [0.2, 0.25) is 0 Å². The molecule has 0 fully saturated rings. The van der Waals surface area contributed by atoms with Crippen LogP contribution in [-0.4, -0.2) is 26.2 Å². The zero-order chi connectivity index (χ0) is 17.5. The van der Waals surface area contributed by atoms with Crippen molar-refractivity contribution in [3.63, 3.8) is 0 Å². The van der Waals surface area contributed by atoms with E-state index in [4.69, 9.17) is 32.7 Å². The summed E-state index contributed by atoms with van der Waals surface area (Å²) < 4.78 is 10.4. The van der Waals surface area contributed by atoms with E-state index in [9.17, 15) is 4.79 Å². The van der Waals surface area contributed by atoms with Crippen molar-refractivity contribution in [3.8, 4) is 5.75 Å². The summed E-state index contributed by atoms with van der Waals surface area (Å²) in [5, 5.41) is 4.31. The van der Waals surface area contributed by atoms with Gasteiger partial charge in [-0.3, -0.25) is 0 Å². The summed E-state index contributed by atoms with van der Waals surface area (Å²) in [6.07, 6.45) is 0.749. The van der Waals surface area contributed by atoms with Crippen LogP contribution in [-0.2, 0) is 4.74 Å². The lowest BCUT2D eigenvalue weighted by molar-refractivity contribution is 0.0601. The Kier molecular flexibility index (Phi) is 6.76. The monoisotopic (exact) mass is 367 g/mol. The van der Waals surface area contributed by atoms with Gasteiger partial charge in [-0.15, -0.1) is 0 Å². The molecule has 0 aromatic heterocycles. The van der Waals surface area contributed by atoms with Gasteiger partial charge in [-0.2, -0.15) is 0 Å². The van der Waals surface area contributed by atoms with Crippen LogP contribution < -0.4 is 10.1 Å². The van der Waals surface area contributed by atoms with Gasteiger partial charge in [-0.25, -0.2) is 4.79 Å². The first kappa shape index (κ1) is 18.4. The average Bonchev–Trinajstić information content (AvgIpc) is 2.54. The molecule has 0 spiro atoms. The van der Waals surface area contributed by atoms with Crippen molar-refractivity contribution in [2.75, 3.05) is 25.6 Å². The van der Waals surface area contributed by atoms with Crippen LogP contribution in [0.4, 0.5) is 5.69 Å². The van der Waals surface area contributed by atoms with E-state index in [1.165, 1.54) is 7.11 Å². The topological polar surface area (TPSA) is 47.6 Å². The van der Waals surface area contributed by atoms with Crippen molar-refractivity contribution >= 4 is 34.9 Å². The maximum Gasteiger partial charge on any atom is 0.339 e. The van der Waals surface area contributed by atoms with Crippen LogP contribution in [0.15, 0.2) is 36.4 Å². The summed E-state index contributed by atoms with van der Waals surface area (Å²) in [5.74, 6) is 0.282. The minimum atomic E-state index is -0.356. The first-order valence-electron chi connectivity index (χ1n) is 7.51. The Balaban J connectivity index is 1.85. The largest absolute Gasteiger partial charge is 0.493 e. The number of carbonyl (C=O) groups is 1. The van der Waals surface area contributed by atoms with Gasteiger partial charge in [0.15, 0.2) is 0 Å². The molecule has 2 rings (SSSR count). The fourth-order valence-electron chi connectivity index (χ4n) is 2.19. The third-order valence-electron chi connectivity index (χ3n) is 3.32. The first-order chi connectivity index (χ1) is 11.5. The molecule has 0 radical (unpaired) electrons. The number of anilines is 1. The zero-order valence-corrected chi connectivity index (χ0v) is 15.1. The van der Waals surface area contributed by atoms with Crippen molar-refractivity contribution in [3.05, 3.63) is 57.6 Å². The highest BCUT2D eigenvalue weighted by Crippen LogP contribution is 2.24. The van der Waals surface area contributed by atoms with Crippen molar-refractivity contribution in [1.29, 1.82) is 0 Å². The van der Waals surface area contributed by atoms with E-state index in [0.29, 0.717) is 34.5 Å². The molecule has 0 saturated carbocycles. The van der Waals surface area contributed by atoms with Crippen LogP contribution in [0.3, 0.4) is 0 Å². The molecule has 128 valence electrons. The molecule has 0 amide bonds. The summed E-state index contributed by atoms with van der Waals surface area (Å²) in [5.41, 5.74) is 2.28. The number of hydrogen-bond donors (Lipinski definition) is 1. The van der Waals surface area contributed by atoms with E-state index in [1.807, 2.05) is 19.1 Å². The molecule has 1 N–H and O–H groups in total. The maximum absolute atomic E-state index is 11.8. The van der Waals surface area contributed by atoms with Crippen LogP contribution in [0, 0.1) is 6.92 Å². The number of aryl methyl sites for hydroxylation is 1. The Morgan fingerprint density at radius 2 is 1.83 bits per heavy atom. The lowest BCUT2D eigenvalue weighted by Gasteiger charge is -2.12. The second-order valence-corrected chi connectivity index (χ2v) is 6.15. The van der Waals surface area contributed by atoms with E-state index >= 15 is 0 Å². The Morgan fingerprint density at radius 1 is 1.12 bits per heavy atom. The van der Waals surface area contributed by atoms with E-state index in [-0.39, 0.29) is 5.97 Å². The highest BCUT2D eigenvalue weighted by molar-refractivity contribution is 6.34. The Bertz CT molecular complexity index is 699. The third kappa shape index (κ3) is 5.32. The highest BCUT2D eigenvalue weighted by Gasteiger charge is 2.11. The zero-order valence-electron chi connectivity index (χ0n) is 13.6. The number of halogens is 2. The van der Waals surface area contributed by atoms with Gasteiger partial charge in [-0.1, -0.05) is 34.8 Å². The Labute approximate surface area is 151 Å². The molecule has 4 nitrogen and oxygen atoms in total. The minimum Gasteiger partial charge on any atom is -0.493 e. The van der Waals surface area contributed by atoms with Crippen molar-refractivity contribution in [1.82, 2.24) is 0 Å². The van der Waals surface area contributed by atoms with E-state index in [2.05, 4.69) is 5.32 Å². The van der Waals surface area contributed by atoms with Crippen LogP contribution in [0.5, 0.6) is 5.75 Å². The third-order valence-corrected chi connectivity index (χ3v) is 3.76. The maximum atomic E-state index is 11.8. The Morgan fingerprint density at radius 3 is 2.50 bits per heavy atom. The van der Waals surface area contributed by atoms with Crippen molar-refractivity contribution < 1.29 is 14.3 Å². The summed E-state index contributed by atoms with van der Waals surface area (Å²) in [6, 6.07) is 10.7. The lowest BCUT2D eigenvalue weighted by atomic mass is 10.1. The number of rotatable bonds is 7. The Hall–Kier alpha value is -1.91. The van der Waals surface area contributed by atoms with Crippen molar-refractivity contribution in [2.45, 2.75) is 13.3 Å². The summed E-state index contributed by atoms with van der Waals surface area (Å²) in [4.78, 5) is 11.8. The molecule has 2 aromatic carbocycles. The van der Waals surface area contributed by atoms with Gasteiger partial charge in [0.05, 0.1) is 19.3 Å². The standard InChI is InChI=1S/C18H19Cl2NO3/c1-12-4-5-17(16(8-12)18(22)23-2)21-6-3-7-24-15-10-13(19)9-14(20)11-15/h4-5,8-11,21H,3,6-7H2,1-2H3. The van der Waals surface area contributed by atoms with Gasteiger partial charge in [0, 0.05) is 22.3 Å². The smallest absolute Gasteiger partial charge is 0.339 e. The van der Waals surface area contributed by atoms with E-state index in [1.54, 1.807) is 24.3 Å². The fourth-order valence-corrected chi connectivity index (χ4v) is 2.69. The quantitative estimate of drug-likeness (QED) is 0.554. The summed E-state index contributed by atoms with van der Waals surface area (Å²) >= 11 is 11.8. The minimum absolute atomic E-state index is 0.356. The second-order valence-electron chi connectivity index (χ2n) is 5.27. The van der Waals surface area contributed by atoms with E-state index in [0.717, 1.165) is 17.7 Å².